The maximum atomic E-state index is 12.4. The van der Waals surface area contributed by atoms with Gasteiger partial charge in [-0.15, -0.1) is 0 Å². The van der Waals surface area contributed by atoms with E-state index in [-0.39, 0.29) is 18.4 Å². The molecule has 0 radical (unpaired) electrons. The van der Waals surface area contributed by atoms with Crippen LogP contribution in [0.3, 0.4) is 0 Å². The van der Waals surface area contributed by atoms with E-state index in [4.69, 9.17) is 0 Å². The van der Waals surface area contributed by atoms with Crippen molar-refractivity contribution in [2.24, 2.45) is 11.0 Å². The minimum atomic E-state index is -0.0663. The molecule has 0 saturated carbocycles. The van der Waals surface area contributed by atoms with E-state index >= 15 is 0 Å². The number of amides is 2. The van der Waals surface area contributed by atoms with E-state index in [1.54, 1.807) is 0 Å². The smallest absolute Gasteiger partial charge is 0.244 e. The van der Waals surface area contributed by atoms with Gasteiger partial charge in [-0.25, -0.2) is 5.01 Å². The minimum Gasteiger partial charge on any atom is -0.341 e. The number of hydrazone groups is 1. The lowest BCUT2D eigenvalue weighted by molar-refractivity contribution is -0.141. The van der Waals surface area contributed by atoms with E-state index in [1.807, 2.05) is 35.2 Å². The van der Waals surface area contributed by atoms with Crippen molar-refractivity contribution >= 4 is 17.5 Å². The van der Waals surface area contributed by atoms with Crippen molar-refractivity contribution in [3.8, 4) is 0 Å². The predicted molar refractivity (Wildman–Crippen MR) is 88.9 cm³/mol. The molecule has 0 bridgehead atoms. The molecule has 3 rings (SSSR count). The molecule has 0 spiro atoms. The van der Waals surface area contributed by atoms with Gasteiger partial charge < -0.3 is 4.90 Å². The lowest BCUT2D eigenvalue weighted by Crippen LogP contribution is -2.45. The molecule has 1 fully saturated rings. The number of piperidine rings is 1. The third-order valence-electron chi connectivity index (χ3n) is 4.63. The first-order valence-electron chi connectivity index (χ1n) is 8.34. The van der Waals surface area contributed by atoms with Crippen molar-refractivity contribution in [2.75, 3.05) is 19.6 Å². The van der Waals surface area contributed by atoms with Crippen molar-refractivity contribution < 1.29 is 9.59 Å². The Kier molecular flexibility index (Phi) is 4.74. The van der Waals surface area contributed by atoms with Crippen molar-refractivity contribution in [2.45, 2.75) is 32.6 Å². The molecule has 1 saturated heterocycles. The summed E-state index contributed by atoms with van der Waals surface area (Å²) in [6, 6.07) is 9.84. The van der Waals surface area contributed by atoms with Gasteiger partial charge in [0, 0.05) is 25.9 Å². The number of likely N-dealkylation sites (tertiary alicyclic amines) is 1. The topological polar surface area (TPSA) is 53.0 Å². The van der Waals surface area contributed by atoms with E-state index in [9.17, 15) is 9.59 Å². The van der Waals surface area contributed by atoms with E-state index < -0.39 is 0 Å². The molecule has 1 aromatic rings. The average Bonchev–Trinajstić information content (AvgIpc) is 2.58. The number of hydrogen-bond donors (Lipinski definition) is 0. The molecule has 122 valence electrons. The molecular weight excluding hydrogens is 290 g/mol. The fraction of sp³-hybridized carbons (Fsp3) is 0.500. The minimum absolute atomic E-state index is 0.00307. The Morgan fingerprint density at radius 1 is 1.17 bits per heavy atom. The van der Waals surface area contributed by atoms with Gasteiger partial charge in [-0.1, -0.05) is 37.3 Å². The number of nitrogens with zero attached hydrogens (tertiary/aromatic N) is 3. The van der Waals surface area contributed by atoms with Gasteiger partial charge in [0.1, 0.15) is 6.54 Å². The number of rotatable bonds is 3. The van der Waals surface area contributed by atoms with Crippen LogP contribution in [0.25, 0.3) is 0 Å². The number of benzene rings is 1. The fourth-order valence-corrected chi connectivity index (χ4v) is 3.05. The van der Waals surface area contributed by atoms with Gasteiger partial charge in [0.15, 0.2) is 0 Å². The van der Waals surface area contributed by atoms with Crippen LogP contribution in [-0.4, -0.2) is 47.1 Å². The summed E-state index contributed by atoms with van der Waals surface area (Å²) in [6.45, 7) is 3.85. The van der Waals surface area contributed by atoms with Gasteiger partial charge in [0.05, 0.1) is 5.71 Å². The Labute approximate surface area is 137 Å². The molecule has 2 aliphatic rings. The highest BCUT2D eigenvalue weighted by Gasteiger charge is 2.27. The van der Waals surface area contributed by atoms with Crippen molar-refractivity contribution in [3.05, 3.63) is 35.9 Å². The normalized spacial score (nSPS) is 19.7. The van der Waals surface area contributed by atoms with Crippen LogP contribution >= 0.6 is 0 Å². The van der Waals surface area contributed by atoms with Crippen LogP contribution in [0.2, 0.25) is 0 Å². The molecule has 2 heterocycles. The van der Waals surface area contributed by atoms with E-state index in [0.717, 1.165) is 37.2 Å². The summed E-state index contributed by atoms with van der Waals surface area (Å²) in [7, 11) is 0. The first kappa shape index (κ1) is 15.7. The summed E-state index contributed by atoms with van der Waals surface area (Å²) in [6.07, 6.45) is 3.13. The van der Waals surface area contributed by atoms with Gasteiger partial charge in [-0.2, -0.15) is 5.10 Å². The van der Waals surface area contributed by atoms with Crippen LogP contribution in [-0.2, 0) is 9.59 Å². The van der Waals surface area contributed by atoms with Gasteiger partial charge >= 0.3 is 0 Å². The van der Waals surface area contributed by atoms with Crippen molar-refractivity contribution in [3.63, 3.8) is 0 Å². The zero-order valence-electron chi connectivity index (χ0n) is 13.6. The maximum Gasteiger partial charge on any atom is 0.244 e. The highest BCUT2D eigenvalue weighted by atomic mass is 16.2. The molecule has 5 heteroatoms. The largest absolute Gasteiger partial charge is 0.341 e. The summed E-state index contributed by atoms with van der Waals surface area (Å²) in [5.74, 6) is 0.616. The molecule has 0 N–H and O–H groups in total. The van der Waals surface area contributed by atoms with Crippen LogP contribution in [0.5, 0.6) is 0 Å². The van der Waals surface area contributed by atoms with Crippen LogP contribution in [0.4, 0.5) is 0 Å². The number of carbonyl (C=O) groups excluding carboxylic acids is 2. The predicted octanol–water partition coefficient (Wildman–Crippen LogP) is 2.27. The van der Waals surface area contributed by atoms with Gasteiger partial charge in [-0.3, -0.25) is 9.59 Å². The summed E-state index contributed by atoms with van der Waals surface area (Å²) < 4.78 is 0. The number of hydrogen-bond acceptors (Lipinski definition) is 3. The number of carbonyl (C=O) groups is 2. The van der Waals surface area contributed by atoms with Gasteiger partial charge in [0.25, 0.3) is 0 Å². The van der Waals surface area contributed by atoms with E-state index in [1.165, 1.54) is 5.01 Å². The highest BCUT2D eigenvalue weighted by Crippen LogP contribution is 2.18. The standard InChI is InChI=1S/C18H23N3O2/c1-14-9-11-20(12-10-14)18(23)13-21-17(22)8-7-16(19-21)15-5-3-2-4-6-15/h2-6,14H,7-13H2,1H3. The molecule has 0 aliphatic carbocycles. The summed E-state index contributed by atoms with van der Waals surface area (Å²) >= 11 is 0. The monoisotopic (exact) mass is 313 g/mol. The zero-order valence-corrected chi connectivity index (χ0v) is 13.6. The molecule has 1 aromatic carbocycles. The Balaban J connectivity index is 1.68. The molecule has 0 aromatic heterocycles. The second-order valence-electron chi connectivity index (χ2n) is 6.43. The summed E-state index contributed by atoms with van der Waals surface area (Å²) in [5.41, 5.74) is 1.90. The molecule has 2 aliphatic heterocycles. The molecule has 5 nitrogen and oxygen atoms in total. The van der Waals surface area contributed by atoms with Gasteiger partial charge in [-0.05, 0) is 24.3 Å². The molecular formula is C18H23N3O2. The summed E-state index contributed by atoms with van der Waals surface area (Å²) in [4.78, 5) is 26.4. The van der Waals surface area contributed by atoms with Crippen LogP contribution < -0.4 is 0 Å². The Morgan fingerprint density at radius 2 is 1.87 bits per heavy atom. The molecule has 2 amide bonds. The Bertz CT molecular complexity index is 604. The summed E-state index contributed by atoms with van der Waals surface area (Å²) in [5, 5.41) is 5.79. The van der Waals surface area contributed by atoms with Crippen molar-refractivity contribution in [1.29, 1.82) is 0 Å². The SMILES string of the molecule is CC1CCN(C(=O)CN2N=C(c3ccccc3)CCC2=O)CC1. The Morgan fingerprint density at radius 3 is 2.57 bits per heavy atom. The van der Waals surface area contributed by atoms with Gasteiger partial charge in [0.2, 0.25) is 11.8 Å². The highest BCUT2D eigenvalue weighted by molar-refractivity contribution is 6.04. The average molecular weight is 313 g/mol. The van der Waals surface area contributed by atoms with Crippen molar-refractivity contribution in [1.82, 2.24) is 9.91 Å². The van der Waals surface area contributed by atoms with Crippen LogP contribution in [0, 0.1) is 5.92 Å². The first-order chi connectivity index (χ1) is 11.1. The lowest BCUT2D eigenvalue weighted by atomic mass is 9.99. The second-order valence-corrected chi connectivity index (χ2v) is 6.43. The third kappa shape index (κ3) is 3.78. The quantitative estimate of drug-likeness (QED) is 0.859. The van der Waals surface area contributed by atoms with E-state index in [0.29, 0.717) is 18.8 Å². The fourth-order valence-electron chi connectivity index (χ4n) is 3.05. The lowest BCUT2D eigenvalue weighted by Gasteiger charge is -2.32. The Hall–Kier alpha value is -2.17. The maximum absolute atomic E-state index is 12.4. The second kappa shape index (κ2) is 6.94. The molecule has 0 atom stereocenters. The first-order valence-corrected chi connectivity index (χ1v) is 8.34. The van der Waals surface area contributed by atoms with Crippen LogP contribution in [0.15, 0.2) is 35.4 Å². The van der Waals surface area contributed by atoms with Crippen LogP contribution in [0.1, 0.15) is 38.2 Å². The molecule has 0 unspecified atom stereocenters. The molecule has 23 heavy (non-hydrogen) atoms. The zero-order chi connectivity index (χ0) is 16.2. The third-order valence-corrected chi connectivity index (χ3v) is 4.63. The van der Waals surface area contributed by atoms with E-state index in [2.05, 4.69) is 12.0 Å².